The summed E-state index contributed by atoms with van der Waals surface area (Å²) in [5, 5.41) is 8.64. The van der Waals surface area contributed by atoms with Gasteiger partial charge in [0.05, 0.1) is 19.7 Å². The highest BCUT2D eigenvalue weighted by Gasteiger charge is 2.05. The van der Waals surface area contributed by atoms with Crippen molar-refractivity contribution in [2.75, 3.05) is 38.7 Å². The van der Waals surface area contributed by atoms with Crippen molar-refractivity contribution in [1.82, 2.24) is 10.6 Å². The van der Waals surface area contributed by atoms with Crippen LogP contribution in [0.3, 0.4) is 0 Å². The molecule has 2 amide bonds. The summed E-state index contributed by atoms with van der Waals surface area (Å²) in [4.78, 5) is 23.0. The average Bonchev–Trinajstić information content (AvgIpc) is 2.44. The van der Waals surface area contributed by atoms with Crippen molar-refractivity contribution in [1.29, 1.82) is 0 Å². The van der Waals surface area contributed by atoms with E-state index in [4.69, 9.17) is 16.3 Å². The summed E-state index contributed by atoms with van der Waals surface area (Å²) >= 11 is 5.74. The van der Waals surface area contributed by atoms with Gasteiger partial charge < -0.3 is 20.7 Å². The van der Waals surface area contributed by atoms with Gasteiger partial charge in [-0.25, -0.2) is 0 Å². The van der Waals surface area contributed by atoms with Gasteiger partial charge in [-0.05, 0) is 24.3 Å². The Morgan fingerprint density at radius 2 is 1.81 bits per heavy atom. The van der Waals surface area contributed by atoms with E-state index in [2.05, 4.69) is 16.0 Å². The Kier molecular flexibility index (Phi) is 10.6. The van der Waals surface area contributed by atoms with Gasteiger partial charge in [-0.2, -0.15) is 0 Å². The van der Waals surface area contributed by atoms with Crippen LogP contribution in [-0.2, 0) is 14.3 Å². The van der Waals surface area contributed by atoms with Crippen LogP contribution in [0.5, 0.6) is 0 Å². The number of amides is 2. The second-order valence-electron chi connectivity index (χ2n) is 4.00. The lowest BCUT2D eigenvalue weighted by Crippen LogP contribution is -2.39. The highest BCUT2D eigenvalue weighted by Crippen LogP contribution is 2.12. The standard InChI is InChI=1S/C13H18ClN3O3.ClH/c1-20-7-6-15-8-12(18)16-9-13(19)17-11-4-2-10(14)3-5-11;/h2-5,15H,6-9H2,1H3,(H,16,18)(H,17,19);1H. The number of halogens is 2. The van der Waals surface area contributed by atoms with Crippen LogP contribution in [0.2, 0.25) is 5.02 Å². The Bertz CT molecular complexity index is 441. The van der Waals surface area contributed by atoms with Gasteiger partial charge in [0, 0.05) is 24.4 Å². The number of nitrogens with one attached hydrogen (secondary N) is 3. The van der Waals surface area contributed by atoms with Crippen LogP contribution < -0.4 is 16.0 Å². The average molecular weight is 336 g/mol. The van der Waals surface area contributed by atoms with Crippen LogP contribution in [-0.4, -0.2) is 45.2 Å². The summed E-state index contributed by atoms with van der Waals surface area (Å²) in [7, 11) is 1.59. The minimum absolute atomic E-state index is 0. The summed E-state index contributed by atoms with van der Waals surface area (Å²) in [6, 6.07) is 6.73. The zero-order valence-electron chi connectivity index (χ0n) is 11.6. The van der Waals surface area contributed by atoms with Crippen molar-refractivity contribution in [3.63, 3.8) is 0 Å². The van der Waals surface area contributed by atoms with E-state index in [0.717, 1.165) is 0 Å². The highest BCUT2D eigenvalue weighted by atomic mass is 35.5. The minimum atomic E-state index is -0.294. The first-order chi connectivity index (χ1) is 9.61. The third kappa shape index (κ3) is 9.25. The van der Waals surface area contributed by atoms with Crippen molar-refractivity contribution >= 4 is 41.5 Å². The smallest absolute Gasteiger partial charge is 0.243 e. The topological polar surface area (TPSA) is 79.5 Å². The van der Waals surface area contributed by atoms with Crippen LogP contribution in [0.4, 0.5) is 5.69 Å². The van der Waals surface area contributed by atoms with Crippen LogP contribution in [0, 0.1) is 0 Å². The number of methoxy groups -OCH3 is 1. The second-order valence-corrected chi connectivity index (χ2v) is 4.44. The van der Waals surface area contributed by atoms with Gasteiger partial charge >= 0.3 is 0 Å². The van der Waals surface area contributed by atoms with E-state index in [0.29, 0.717) is 23.9 Å². The molecule has 0 aromatic heterocycles. The highest BCUT2D eigenvalue weighted by molar-refractivity contribution is 6.30. The van der Waals surface area contributed by atoms with Gasteiger partial charge in [-0.1, -0.05) is 11.6 Å². The molecular weight excluding hydrogens is 317 g/mol. The molecule has 0 unspecified atom stereocenters. The number of carbonyl (C=O) groups is 2. The largest absolute Gasteiger partial charge is 0.383 e. The molecule has 6 nitrogen and oxygen atoms in total. The Balaban J connectivity index is 0.00000400. The Hall–Kier alpha value is -1.34. The van der Waals surface area contributed by atoms with E-state index in [1.54, 1.807) is 31.4 Å². The number of anilines is 1. The molecule has 0 atom stereocenters. The number of hydrogen-bond donors (Lipinski definition) is 3. The second kappa shape index (κ2) is 11.3. The first-order valence-electron chi connectivity index (χ1n) is 6.13. The van der Waals surface area contributed by atoms with E-state index in [-0.39, 0.29) is 37.3 Å². The van der Waals surface area contributed by atoms with E-state index in [1.165, 1.54) is 0 Å². The van der Waals surface area contributed by atoms with Gasteiger partial charge in [-0.3, -0.25) is 9.59 Å². The lowest BCUT2D eigenvalue weighted by atomic mass is 10.3. The van der Waals surface area contributed by atoms with Crippen LogP contribution in [0.25, 0.3) is 0 Å². The maximum Gasteiger partial charge on any atom is 0.243 e. The maximum atomic E-state index is 11.6. The number of rotatable bonds is 8. The molecule has 1 rings (SSSR count). The van der Waals surface area contributed by atoms with Crippen molar-refractivity contribution in [3.05, 3.63) is 29.3 Å². The quantitative estimate of drug-likeness (QED) is 0.620. The van der Waals surface area contributed by atoms with Gasteiger partial charge in [-0.15, -0.1) is 12.4 Å². The Morgan fingerprint density at radius 3 is 2.43 bits per heavy atom. The summed E-state index contributed by atoms with van der Waals surface area (Å²) in [6.07, 6.45) is 0. The molecule has 3 N–H and O–H groups in total. The monoisotopic (exact) mass is 335 g/mol. The molecule has 21 heavy (non-hydrogen) atoms. The molecule has 0 radical (unpaired) electrons. The number of benzene rings is 1. The lowest BCUT2D eigenvalue weighted by Gasteiger charge is -2.07. The first kappa shape index (κ1) is 19.7. The molecule has 8 heteroatoms. The van der Waals surface area contributed by atoms with Crippen LogP contribution in [0.1, 0.15) is 0 Å². The predicted molar refractivity (Wildman–Crippen MR) is 85.1 cm³/mol. The van der Waals surface area contributed by atoms with Crippen molar-refractivity contribution in [2.24, 2.45) is 0 Å². The fourth-order valence-corrected chi connectivity index (χ4v) is 1.48. The number of ether oxygens (including phenoxy) is 1. The molecule has 1 aromatic carbocycles. The molecule has 0 heterocycles. The molecule has 0 aliphatic rings. The van der Waals surface area contributed by atoms with Crippen molar-refractivity contribution < 1.29 is 14.3 Å². The van der Waals surface area contributed by atoms with Crippen LogP contribution >= 0.6 is 24.0 Å². The zero-order valence-corrected chi connectivity index (χ0v) is 13.2. The number of carbonyl (C=O) groups excluding carboxylic acids is 2. The molecule has 0 aliphatic carbocycles. The lowest BCUT2D eigenvalue weighted by molar-refractivity contribution is -0.123. The van der Waals surface area contributed by atoms with E-state index >= 15 is 0 Å². The molecule has 118 valence electrons. The number of hydrogen-bond acceptors (Lipinski definition) is 4. The molecule has 0 spiro atoms. The predicted octanol–water partition coefficient (Wildman–Crippen LogP) is 1.05. The molecule has 0 saturated heterocycles. The maximum absolute atomic E-state index is 11.6. The van der Waals surface area contributed by atoms with E-state index in [1.807, 2.05) is 0 Å². The van der Waals surface area contributed by atoms with Gasteiger partial charge in [0.2, 0.25) is 11.8 Å². The SMILES string of the molecule is COCCNCC(=O)NCC(=O)Nc1ccc(Cl)cc1.Cl. The fourth-order valence-electron chi connectivity index (χ4n) is 1.36. The zero-order chi connectivity index (χ0) is 14.8. The molecular formula is C13H19Cl2N3O3. The molecule has 0 bridgehead atoms. The van der Waals surface area contributed by atoms with Gasteiger partial charge in [0.1, 0.15) is 0 Å². The van der Waals surface area contributed by atoms with Gasteiger partial charge in [0.25, 0.3) is 0 Å². The van der Waals surface area contributed by atoms with Crippen LogP contribution in [0.15, 0.2) is 24.3 Å². The molecule has 0 fully saturated rings. The summed E-state index contributed by atoms with van der Waals surface area (Å²) in [5.41, 5.74) is 0.631. The van der Waals surface area contributed by atoms with E-state index in [9.17, 15) is 9.59 Å². The van der Waals surface area contributed by atoms with Gasteiger partial charge in [0.15, 0.2) is 0 Å². The molecule has 0 aliphatic heterocycles. The van der Waals surface area contributed by atoms with Crippen molar-refractivity contribution in [3.8, 4) is 0 Å². The molecule has 1 aromatic rings. The Labute approximate surface area is 135 Å². The molecule has 0 saturated carbocycles. The Morgan fingerprint density at radius 1 is 1.14 bits per heavy atom. The summed E-state index contributed by atoms with van der Waals surface area (Å²) in [6.45, 7) is 1.19. The normalized spacial score (nSPS) is 9.62. The summed E-state index contributed by atoms with van der Waals surface area (Å²) < 4.78 is 4.83. The summed E-state index contributed by atoms with van der Waals surface area (Å²) in [5.74, 6) is -0.537. The third-order valence-electron chi connectivity index (χ3n) is 2.34. The van der Waals surface area contributed by atoms with Crippen molar-refractivity contribution in [2.45, 2.75) is 0 Å². The fraction of sp³-hybridized carbons (Fsp3) is 0.385. The first-order valence-corrected chi connectivity index (χ1v) is 6.51. The van der Waals surface area contributed by atoms with E-state index < -0.39 is 0 Å². The third-order valence-corrected chi connectivity index (χ3v) is 2.59. The minimum Gasteiger partial charge on any atom is -0.383 e.